The zero-order valence-electron chi connectivity index (χ0n) is 16.3. The van der Waals surface area contributed by atoms with Crippen LogP contribution in [0.15, 0.2) is 30.3 Å². The second kappa shape index (κ2) is 6.83. The summed E-state index contributed by atoms with van der Waals surface area (Å²) in [6.45, 7) is 1.28. The molecule has 3 heterocycles. The average Bonchev–Trinajstić information content (AvgIpc) is 3.02. The zero-order valence-corrected chi connectivity index (χ0v) is 16.3. The summed E-state index contributed by atoms with van der Waals surface area (Å²) in [5.74, 6) is -2.05. The molecule has 0 saturated carbocycles. The van der Waals surface area contributed by atoms with Gasteiger partial charge in [0, 0.05) is 41.5 Å². The minimum Gasteiger partial charge on any atom is -0.481 e. The van der Waals surface area contributed by atoms with Crippen LogP contribution in [0.25, 0.3) is 10.8 Å². The average molecular weight is 407 g/mol. The van der Waals surface area contributed by atoms with E-state index in [1.165, 1.54) is 4.90 Å². The molecule has 0 aliphatic carbocycles. The van der Waals surface area contributed by atoms with Crippen molar-refractivity contribution in [1.29, 1.82) is 0 Å². The molecule has 0 radical (unpaired) electrons. The number of nitrogens with one attached hydrogen (secondary N) is 1. The van der Waals surface area contributed by atoms with Gasteiger partial charge in [-0.2, -0.15) is 0 Å². The van der Waals surface area contributed by atoms with E-state index < -0.39 is 17.9 Å². The monoisotopic (exact) mass is 407 g/mol. The van der Waals surface area contributed by atoms with E-state index in [9.17, 15) is 24.3 Å². The lowest BCUT2D eigenvalue weighted by molar-refractivity contribution is -0.142. The Labute approximate surface area is 172 Å². The molecule has 2 saturated heterocycles. The van der Waals surface area contributed by atoms with E-state index in [0.717, 1.165) is 16.5 Å². The van der Waals surface area contributed by atoms with Crippen molar-refractivity contribution in [2.24, 2.45) is 5.92 Å². The highest BCUT2D eigenvalue weighted by atomic mass is 16.4. The third-order valence-corrected chi connectivity index (χ3v) is 6.41. The van der Waals surface area contributed by atoms with Crippen LogP contribution in [0.2, 0.25) is 0 Å². The van der Waals surface area contributed by atoms with Crippen LogP contribution in [-0.2, 0) is 14.4 Å². The van der Waals surface area contributed by atoms with E-state index in [0.29, 0.717) is 43.6 Å². The summed E-state index contributed by atoms with van der Waals surface area (Å²) in [4.78, 5) is 52.1. The van der Waals surface area contributed by atoms with Crippen molar-refractivity contribution in [3.63, 3.8) is 0 Å². The molecule has 1 unspecified atom stereocenters. The van der Waals surface area contributed by atoms with Crippen molar-refractivity contribution in [3.05, 3.63) is 35.9 Å². The zero-order chi connectivity index (χ0) is 21.0. The first-order chi connectivity index (χ1) is 14.5. The number of carboxylic acids is 1. The van der Waals surface area contributed by atoms with Crippen LogP contribution in [0.5, 0.6) is 0 Å². The molecule has 5 rings (SSSR count). The van der Waals surface area contributed by atoms with E-state index in [1.807, 2.05) is 24.3 Å². The van der Waals surface area contributed by atoms with Crippen LogP contribution in [0.3, 0.4) is 0 Å². The second-order valence-corrected chi connectivity index (χ2v) is 8.07. The third-order valence-electron chi connectivity index (χ3n) is 6.41. The van der Waals surface area contributed by atoms with Crippen molar-refractivity contribution in [1.82, 2.24) is 5.32 Å². The molecule has 8 heteroatoms. The van der Waals surface area contributed by atoms with E-state index in [1.54, 1.807) is 6.07 Å². The van der Waals surface area contributed by atoms with Gasteiger partial charge in [-0.3, -0.25) is 29.4 Å². The van der Waals surface area contributed by atoms with Crippen molar-refractivity contribution in [3.8, 4) is 0 Å². The van der Waals surface area contributed by atoms with E-state index >= 15 is 0 Å². The number of rotatable bonds is 3. The van der Waals surface area contributed by atoms with Crippen LogP contribution in [-0.4, -0.2) is 47.9 Å². The maximum absolute atomic E-state index is 13.2. The van der Waals surface area contributed by atoms with Gasteiger partial charge in [0.05, 0.1) is 11.6 Å². The fraction of sp³-hybridized carbons (Fsp3) is 0.364. The van der Waals surface area contributed by atoms with Crippen LogP contribution in [0, 0.1) is 5.92 Å². The minimum atomic E-state index is -0.750. The minimum absolute atomic E-state index is 0.205. The number of anilines is 2. The van der Waals surface area contributed by atoms with Crippen molar-refractivity contribution in [2.75, 3.05) is 22.9 Å². The Bertz CT molecular complexity index is 1100. The first-order valence-corrected chi connectivity index (χ1v) is 10.2. The maximum Gasteiger partial charge on any atom is 0.306 e. The number of hydrogen-bond acceptors (Lipinski definition) is 5. The predicted molar refractivity (Wildman–Crippen MR) is 110 cm³/mol. The molecule has 0 aromatic heterocycles. The first-order valence-electron chi connectivity index (χ1n) is 10.2. The fourth-order valence-corrected chi connectivity index (χ4v) is 4.87. The fourth-order valence-electron chi connectivity index (χ4n) is 4.87. The number of imide groups is 1. The molecule has 3 amide bonds. The van der Waals surface area contributed by atoms with Gasteiger partial charge in [0.1, 0.15) is 6.04 Å². The van der Waals surface area contributed by atoms with Crippen molar-refractivity contribution in [2.45, 2.75) is 31.7 Å². The Hall–Kier alpha value is -3.42. The summed E-state index contributed by atoms with van der Waals surface area (Å²) < 4.78 is 0. The molecule has 2 aromatic rings. The van der Waals surface area contributed by atoms with Crippen LogP contribution >= 0.6 is 0 Å². The molecular formula is C22H21N3O5. The Morgan fingerprint density at radius 3 is 2.43 bits per heavy atom. The molecule has 0 bridgehead atoms. The Morgan fingerprint density at radius 2 is 1.73 bits per heavy atom. The number of piperidine rings is 2. The molecule has 0 spiro atoms. The molecule has 3 aliphatic rings. The van der Waals surface area contributed by atoms with E-state index in [4.69, 9.17) is 0 Å². The number of carbonyl (C=O) groups is 4. The second-order valence-electron chi connectivity index (χ2n) is 8.07. The van der Waals surface area contributed by atoms with E-state index in [2.05, 4.69) is 10.2 Å². The molecule has 2 fully saturated rings. The summed E-state index contributed by atoms with van der Waals surface area (Å²) in [6.07, 6.45) is 1.67. The number of benzene rings is 2. The van der Waals surface area contributed by atoms with E-state index in [-0.39, 0.29) is 24.2 Å². The van der Waals surface area contributed by atoms with Crippen molar-refractivity contribution >= 4 is 45.8 Å². The molecule has 1 atom stereocenters. The van der Waals surface area contributed by atoms with Crippen LogP contribution < -0.4 is 15.1 Å². The summed E-state index contributed by atoms with van der Waals surface area (Å²) in [6, 6.07) is 8.66. The van der Waals surface area contributed by atoms with Gasteiger partial charge in [-0.1, -0.05) is 12.1 Å². The highest BCUT2D eigenvalue weighted by molar-refractivity contribution is 6.28. The quantitative estimate of drug-likeness (QED) is 0.753. The van der Waals surface area contributed by atoms with Crippen molar-refractivity contribution < 1.29 is 24.3 Å². The molecule has 154 valence electrons. The van der Waals surface area contributed by atoms with Crippen LogP contribution in [0.4, 0.5) is 11.4 Å². The largest absolute Gasteiger partial charge is 0.481 e. The normalized spacial score (nSPS) is 22.0. The highest BCUT2D eigenvalue weighted by Gasteiger charge is 2.41. The van der Waals surface area contributed by atoms with Gasteiger partial charge < -0.3 is 10.0 Å². The molecule has 30 heavy (non-hydrogen) atoms. The topological polar surface area (TPSA) is 107 Å². The van der Waals surface area contributed by atoms with Gasteiger partial charge in [-0.05, 0) is 37.5 Å². The number of amides is 3. The molecule has 8 nitrogen and oxygen atoms in total. The maximum atomic E-state index is 13.2. The first kappa shape index (κ1) is 18.6. The van der Waals surface area contributed by atoms with Gasteiger partial charge in [-0.25, -0.2) is 0 Å². The van der Waals surface area contributed by atoms with Crippen LogP contribution in [0.1, 0.15) is 36.0 Å². The smallest absolute Gasteiger partial charge is 0.306 e. The molecule has 2 N–H and O–H groups in total. The Balaban J connectivity index is 1.53. The Morgan fingerprint density at radius 1 is 1.00 bits per heavy atom. The molecule has 3 aliphatic heterocycles. The summed E-state index contributed by atoms with van der Waals surface area (Å²) in [5.41, 5.74) is 2.20. The number of carbonyl (C=O) groups excluding carboxylic acids is 3. The Kier molecular flexibility index (Phi) is 4.23. The molecular weight excluding hydrogens is 386 g/mol. The number of carboxylic acid groups (broad SMARTS) is 1. The molecule has 2 aromatic carbocycles. The summed E-state index contributed by atoms with van der Waals surface area (Å²) >= 11 is 0. The standard InChI is InChI=1S/C22H21N3O5/c26-18-7-6-17(20(27)23-18)25-16-5-4-15(24-10-8-12(9-11-24)22(29)30)13-2-1-3-14(19(13)16)21(25)28/h1-5,12,17H,6-11H2,(H,29,30)(H,23,26,27). The number of aliphatic carboxylic acids is 1. The predicted octanol–water partition coefficient (Wildman–Crippen LogP) is 1.91. The highest BCUT2D eigenvalue weighted by Crippen LogP contribution is 2.43. The van der Waals surface area contributed by atoms with Gasteiger partial charge in [0.25, 0.3) is 5.91 Å². The summed E-state index contributed by atoms with van der Waals surface area (Å²) in [5, 5.41) is 13.3. The lowest BCUT2D eigenvalue weighted by Crippen LogP contribution is -2.53. The number of hydrogen-bond donors (Lipinski definition) is 2. The van der Waals surface area contributed by atoms with Gasteiger partial charge in [0.15, 0.2) is 0 Å². The third kappa shape index (κ3) is 2.74. The number of nitrogens with zero attached hydrogens (tertiary/aromatic N) is 2. The van der Waals surface area contributed by atoms with Gasteiger partial charge >= 0.3 is 5.97 Å². The summed E-state index contributed by atoms with van der Waals surface area (Å²) in [7, 11) is 0. The lowest BCUT2D eigenvalue weighted by Gasteiger charge is -2.33. The van der Waals surface area contributed by atoms with Gasteiger partial charge in [-0.15, -0.1) is 0 Å². The SMILES string of the molecule is O=C1CCC(N2C(=O)c3cccc4c(N5CCC(C(=O)O)CC5)ccc2c34)C(=O)N1. The van der Waals surface area contributed by atoms with Gasteiger partial charge in [0.2, 0.25) is 11.8 Å². The lowest BCUT2D eigenvalue weighted by atomic mass is 9.95.